The summed E-state index contributed by atoms with van der Waals surface area (Å²) in [5.74, 6) is 0. The maximum absolute atomic E-state index is 10.2. The number of carbonyl (C=O) groups excluding carboxylic acids is 1. The average molecular weight is 153 g/mol. The van der Waals surface area contributed by atoms with Crippen LogP contribution in [0.1, 0.15) is 26.2 Å². The molecule has 0 unspecified atom stereocenters. The maximum Gasteiger partial charge on any atom is 0.144 e. The number of likely N-dealkylation sites (tertiary alicyclic amines) is 1. The zero-order valence-electron chi connectivity index (χ0n) is 7.05. The Labute approximate surface area is 67.9 Å². The van der Waals surface area contributed by atoms with Crippen LogP contribution in [-0.4, -0.2) is 24.3 Å². The van der Waals surface area contributed by atoms with Crippen molar-refractivity contribution in [1.82, 2.24) is 4.90 Å². The van der Waals surface area contributed by atoms with Crippen LogP contribution in [0.15, 0.2) is 11.8 Å². The van der Waals surface area contributed by atoms with Gasteiger partial charge in [-0.05, 0) is 32.3 Å². The van der Waals surface area contributed by atoms with Gasteiger partial charge in [0.05, 0.1) is 0 Å². The summed E-state index contributed by atoms with van der Waals surface area (Å²) in [4.78, 5) is 12.4. The largest absolute Gasteiger partial charge is 0.375 e. The smallest absolute Gasteiger partial charge is 0.144 e. The minimum atomic E-state index is 0.865. The normalized spacial score (nSPS) is 20.1. The van der Waals surface area contributed by atoms with Gasteiger partial charge in [0.25, 0.3) is 0 Å². The molecule has 0 radical (unpaired) electrons. The molecule has 2 heteroatoms. The third-order valence-electron chi connectivity index (χ3n) is 2.16. The SMILES string of the molecule is C/C(=C\C=O)N1CCCCC1. The van der Waals surface area contributed by atoms with Crippen molar-refractivity contribution in [2.24, 2.45) is 0 Å². The highest BCUT2D eigenvalue weighted by Gasteiger charge is 2.08. The lowest BCUT2D eigenvalue weighted by molar-refractivity contribution is -0.104. The van der Waals surface area contributed by atoms with Gasteiger partial charge in [0.1, 0.15) is 6.29 Å². The van der Waals surface area contributed by atoms with Crippen molar-refractivity contribution in [3.05, 3.63) is 11.8 Å². The standard InChI is InChI=1S/C9H15NO/c1-9(5-8-11)10-6-3-2-4-7-10/h5,8H,2-4,6-7H2,1H3/b9-5+. The molecule has 0 aliphatic carbocycles. The molecule has 1 aliphatic rings. The van der Waals surface area contributed by atoms with Crippen LogP contribution >= 0.6 is 0 Å². The van der Waals surface area contributed by atoms with Gasteiger partial charge in [0.15, 0.2) is 0 Å². The number of allylic oxidation sites excluding steroid dienone is 2. The number of nitrogens with zero attached hydrogens (tertiary/aromatic N) is 1. The van der Waals surface area contributed by atoms with E-state index in [0.29, 0.717) is 0 Å². The van der Waals surface area contributed by atoms with Crippen LogP contribution in [0.2, 0.25) is 0 Å². The van der Waals surface area contributed by atoms with E-state index in [1.165, 1.54) is 19.3 Å². The second kappa shape index (κ2) is 4.16. The van der Waals surface area contributed by atoms with E-state index < -0.39 is 0 Å². The van der Waals surface area contributed by atoms with Crippen molar-refractivity contribution < 1.29 is 4.79 Å². The second-order valence-corrected chi connectivity index (χ2v) is 2.99. The van der Waals surface area contributed by atoms with Crippen LogP contribution in [0.4, 0.5) is 0 Å². The fourth-order valence-corrected chi connectivity index (χ4v) is 1.45. The van der Waals surface area contributed by atoms with E-state index in [1.807, 2.05) is 6.92 Å². The van der Waals surface area contributed by atoms with Crippen molar-refractivity contribution in [1.29, 1.82) is 0 Å². The topological polar surface area (TPSA) is 20.3 Å². The van der Waals surface area contributed by atoms with Crippen molar-refractivity contribution in [2.45, 2.75) is 26.2 Å². The molecule has 2 nitrogen and oxygen atoms in total. The van der Waals surface area contributed by atoms with E-state index in [1.54, 1.807) is 6.08 Å². The second-order valence-electron chi connectivity index (χ2n) is 2.99. The van der Waals surface area contributed by atoms with E-state index in [9.17, 15) is 4.79 Å². The summed E-state index contributed by atoms with van der Waals surface area (Å²) in [6, 6.07) is 0. The fourth-order valence-electron chi connectivity index (χ4n) is 1.45. The first-order valence-corrected chi connectivity index (χ1v) is 4.21. The van der Waals surface area contributed by atoms with E-state index in [0.717, 1.165) is 25.1 Å². The Morgan fingerprint density at radius 3 is 2.45 bits per heavy atom. The molecule has 1 rings (SSSR count). The zero-order valence-corrected chi connectivity index (χ0v) is 7.05. The molecule has 0 N–H and O–H groups in total. The highest BCUT2D eigenvalue weighted by Crippen LogP contribution is 2.13. The molecule has 1 fully saturated rings. The van der Waals surface area contributed by atoms with Crippen LogP contribution in [0, 0.1) is 0 Å². The Kier molecular flexibility index (Phi) is 3.14. The number of piperidine rings is 1. The van der Waals surface area contributed by atoms with E-state index in [-0.39, 0.29) is 0 Å². The number of rotatable bonds is 2. The minimum absolute atomic E-state index is 0.865. The fraction of sp³-hybridized carbons (Fsp3) is 0.667. The van der Waals surface area contributed by atoms with Gasteiger partial charge in [-0.3, -0.25) is 4.79 Å². The summed E-state index contributed by atoms with van der Waals surface area (Å²) >= 11 is 0. The van der Waals surface area contributed by atoms with Crippen LogP contribution in [0.3, 0.4) is 0 Å². The minimum Gasteiger partial charge on any atom is -0.375 e. The summed E-state index contributed by atoms with van der Waals surface area (Å²) in [5, 5.41) is 0. The number of aldehydes is 1. The van der Waals surface area contributed by atoms with Crippen LogP contribution < -0.4 is 0 Å². The van der Waals surface area contributed by atoms with E-state index >= 15 is 0 Å². The van der Waals surface area contributed by atoms with Gasteiger partial charge in [-0.2, -0.15) is 0 Å². The van der Waals surface area contributed by atoms with Crippen molar-refractivity contribution in [3.63, 3.8) is 0 Å². The monoisotopic (exact) mass is 153 g/mol. The summed E-state index contributed by atoms with van der Waals surface area (Å²) in [7, 11) is 0. The quantitative estimate of drug-likeness (QED) is 0.443. The lowest BCUT2D eigenvalue weighted by atomic mass is 10.1. The molecule has 11 heavy (non-hydrogen) atoms. The number of carbonyl (C=O) groups is 1. The predicted molar refractivity (Wildman–Crippen MR) is 45.2 cm³/mol. The summed E-state index contributed by atoms with van der Waals surface area (Å²) in [6.07, 6.45) is 6.38. The van der Waals surface area contributed by atoms with Crippen LogP contribution in [-0.2, 0) is 4.79 Å². The van der Waals surface area contributed by atoms with Gasteiger partial charge in [-0.15, -0.1) is 0 Å². The van der Waals surface area contributed by atoms with E-state index in [4.69, 9.17) is 0 Å². The van der Waals surface area contributed by atoms with Gasteiger partial charge in [-0.1, -0.05) is 0 Å². The third-order valence-corrected chi connectivity index (χ3v) is 2.16. The third kappa shape index (κ3) is 2.37. The summed E-state index contributed by atoms with van der Waals surface area (Å²) in [5.41, 5.74) is 1.11. The van der Waals surface area contributed by atoms with Gasteiger partial charge >= 0.3 is 0 Å². The van der Waals surface area contributed by atoms with Crippen LogP contribution in [0.5, 0.6) is 0 Å². The molecule has 0 bridgehead atoms. The molecule has 0 atom stereocenters. The first kappa shape index (κ1) is 8.31. The molecule has 0 saturated carbocycles. The molecule has 1 heterocycles. The van der Waals surface area contributed by atoms with Crippen molar-refractivity contribution >= 4 is 6.29 Å². The molecular formula is C9H15NO. The van der Waals surface area contributed by atoms with Crippen molar-refractivity contribution in [3.8, 4) is 0 Å². The first-order chi connectivity index (χ1) is 5.34. The summed E-state index contributed by atoms with van der Waals surface area (Å²) < 4.78 is 0. The Bertz CT molecular complexity index is 157. The lowest BCUT2D eigenvalue weighted by Gasteiger charge is -2.28. The van der Waals surface area contributed by atoms with Crippen LogP contribution in [0.25, 0.3) is 0 Å². The van der Waals surface area contributed by atoms with Gasteiger partial charge in [0.2, 0.25) is 0 Å². The van der Waals surface area contributed by atoms with E-state index in [2.05, 4.69) is 4.90 Å². The highest BCUT2D eigenvalue weighted by atomic mass is 16.1. The molecule has 0 aromatic heterocycles. The first-order valence-electron chi connectivity index (χ1n) is 4.21. The Hall–Kier alpha value is -0.790. The molecule has 1 saturated heterocycles. The predicted octanol–water partition coefficient (Wildman–Crippen LogP) is 1.58. The average Bonchev–Trinajstić information content (AvgIpc) is 2.07. The molecule has 0 aromatic carbocycles. The maximum atomic E-state index is 10.2. The number of hydrogen-bond donors (Lipinski definition) is 0. The van der Waals surface area contributed by atoms with Gasteiger partial charge in [0, 0.05) is 18.8 Å². The highest BCUT2D eigenvalue weighted by molar-refractivity contribution is 5.65. The molecule has 1 aliphatic heterocycles. The zero-order chi connectivity index (χ0) is 8.10. The molecule has 62 valence electrons. The molecule has 0 amide bonds. The Morgan fingerprint density at radius 1 is 1.27 bits per heavy atom. The number of hydrogen-bond acceptors (Lipinski definition) is 2. The molecule has 0 aromatic rings. The lowest BCUT2D eigenvalue weighted by Crippen LogP contribution is -2.27. The summed E-state index contributed by atoms with van der Waals surface area (Å²) in [6.45, 7) is 4.24. The van der Waals surface area contributed by atoms with Crippen molar-refractivity contribution in [2.75, 3.05) is 13.1 Å². The van der Waals surface area contributed by atoms with Gasteiger partial charge in [-0.25, -0.2) is 0 Å². The van der Waals surface area contributed by atoms with Gasteiger partial charge < -0.3 is 4.90 Å². The Balaban J connectivity index is 2.44. The molecule has 0 spiro atoms. The Morgan fingerprint density at radius 2 is 1.91 bits per heavy atom. The molecular weight excluding hydrogens is 138 g/mol.